The first kappa shape index (κ1) is 10.6. The predicted molar refractivity (Wildman–Crippen MR) is 55.6 cm³/mol. The van der Waals surface area contributed by atoms with Crippen LogP contribution in [0.25, 0.3) is 0 Å². The molecule has 1 aromatic rings. The summed E-state index contributed by atoms with van der Waals surface area (Å²) in [7, 11) is 5.56. The second-order valence-electron chi connectivity index (χ2n) is 3.11. The molecule has 0 saturated heterocycles. The summed E-state index contributed by atoms with van der Waals surface area (Å²) >= 11 is 0. The molecule has 2 radical (unpaired) electrons. The summed E-state index contributed by atoms with van der Waals surface area (Å²) in [5, 5.41) is 8.59. The quantitative estimate of drug-likeness (QED) is 0.422. The van der Waals surface area contributed by atoms with Crippen molar-refractivity contribution in [1.82, 2.24) is 0 Å². The van der Waals surface area contributed by atoms with E-state index in [0.29, 0.717) is 11.2 Å². The van der Waals surface area contributed by atoms with Crippen molar-refractivity contribution in [2.24, 2.45) is 5.73 Å². The Bertz CT molecular complexity index is 355. The lowest BCUT2D eigenvalue weighted by Gasteiger charge is -2.08. The van der Waals surface area contributed by atoms with E-state index in [4.69, 9.17) is 24.4 Å². The minimum atomic E-state index is -1.03. The first-order valence-electron chi connectivity index (χ1n) is 4.13. The van der Waals surface area contributed by atoms with Gasteiger partial charge >= 0.3 is 5.97 Å². The summed E-state index contributed by atoms with van der Waals surface area (Å²) in [6, 6.07) is 4.09. The molecule has 0 bridgehead atoms. The highest BCUT2D eigenvalue weighted by Gasteiger charge is 2.11. The fourth-order valence-corrected chi connectivity index (χ4v) is 1.09. The molecule has 72 valence electrons. The third kappa shape index (κ3) is 2.50. The van der Waals surface area contributed by atoms with Crippen LogP contribution in [0.2, 0.25) is 0 Å². The molecular weight excluding hydrogens is 179 g/mol. The average molecular weight is 190 g/mol. The van der Waals surface area contributed by atoms with Gasteiger partial charge in [-0.2, -0.15) is 0 Å². The van der Waals surface area contributed by atoms with Gasteiger partial charge in [0.2, 0.25) is 0 Å². The first-order valence-corrected chi connectivity index (χ1v) is 4.13. The number of hydrogen-bond acceptors (Lipinski definition) is 3. The van der Waals surface area contributed by atoms with Gasteiger partial charge in [0, 0.05) is 5.69 Å². The topological polar surface area (TPSA) is 89.3 Å². The van der Waals surface area contributed by atoms with Gasteiger partial charge in [-0.15, -0.1) is 0 Å². The Hall–Kier alpha value is -1.49. The van der Waals surface area contributed by atoms with E-state index in [1.54, 1.807) is 18.2 Å². The predicted octanol–water partition coefficient (Wildman–Crippen LogP) is -0.983. The summed E-state index contributed by atoms with van der Waals surface area (Å²) < 4.78 is 0. The van der Waals surface area contributed by atoms with Gasteiger partial charge in [0.15, 0.2) is 0 Å². The molecule has 5 heteroatoms. The zero-order chi connectivity index (χ0) is 10.7. The van der Waals surface area contributed by atoms with Crippen LogP contribution in [-0.2, 0) is 11.2 Å². The van der Waals surface area contributed by atoms with Crippen LogP contribution in [0.3, 0.4) is 0 Å². The number of benzene rings is 1. The number of carboxylic acid groups (broad SMARTS) is 1. The van der Waals surface area contributed by atoms with Gasteiger partial charge in [-0.1, -0.05) is 17.6 Å². The fraction of sp³-hybridized carbons (Fsp3) is 0.222. The number of rotatable bonds is 3. The Morgan fingerprint density at radius 1 is 1.57 bits per heavy atom. The van der Waals surface area contributed by atoms with E-state index in [0.717, 1.165) is 5.56 Å². The van der Waals surface area contributed by atoms with Crippen LogP contribution >= 0.6 is 0 Å². The second kappa shape index (κ2) is 4.15. The maximum Gasteiger partial charge on any atom is 0.320 e. The third-order valence-electron chi connectivity index (χ3n) is 1.92. The Morgan fingerprint density at radius 2 is 2.21 bits per heavy atom. The molecule has 0 saturated carbocycles. The molecule has 0 aliphatic carbocycles. The van der Waals surface area contributed by atoms with Gasteiger partial charge in [0.1, 0.15) is 13.9 Å². The van der Waals surface area contributed by atoms with E-state index in [1.165, 1.54) is 0 Å². The highest BCUT2D eigenvalue weighted by atomic mass is 16.4. The van der Waals surface area contributed by atoms with Crippen LogP contribution < -0.4 is 16.9 Å². The molecular formula is C9H11BN2O2. The van der Waals surface area contributed by atoms with Gasteiger partial charge in [-0.3, -0.25) is 4.79 Å². The Kier molecular flexibility index (Phi) is 3.14. The molecule has 5 N–H and O–H groups in total. The van der Waals surface area contributed by atoms with E-state index in [2.05, 4.69) is 0 Å². The molecule has 14 heavy (non-hydrogen) atoms. The monoisotopic (exact) mass is 190 g/mol. The average Bonchev–Trinajstić information content (AvgIpc) is 2.11. The van der Waals surface area contributed by atoms with Crippen molar-refractivity contribution in [2.45, 2.75) is 12.5 Å². The van der Waals surface area contributed by atoms with E-state index in [9.17, 15) is 4.79 Å². The first-order chi connectivity index (χ1) is 6.50. The largest absolute Gasteiger partial charge is 0.480 e. The molecule has 1 atom stereocenters. The van der Waals surface area contributed by atoms with E-state index in [-0.39, 0.29) is 6.42 Å². The standard InChI is InChI=1S/C9H11BN2O2/c10-6-3-5(1-2-7(6)11)4-8(12)9(13)14/h1-3,8H,4,11-12H2,(H,13,14)/t8-/m1/s1. The summed E-state index contributed by atoms with van der Waals surface area (Å²) in [5.41, 5.74) is 12.6. The van der Waals surface area contributed by atoms with E-state index in [1.807, 2.05) is 0 Å². The molecule has 0 aliphatic heterocycles. The van der Waals surface area contributed by atoms with Crippen molar-refractivity contribution in [2.75, 3.05) is 5.73 Å². The lowest BCUT2D eigenvalue weighted by atomic mass is 9.91. The van der Waals surface area contributed by atoms with Crippen molar-refractivity contribution >= 4 is 25.0 Å². The number of aliphatic carboxylic acids is 1. The molecule has 1 aromatic carbocycles. The van der Waals surface area contributed by atoms with Crippen LogP contribution in [0.5, 0.6) is 0 Å². The Morgan fingerprint density at radius 3 is 2.71 bits per heavy atom. The van der Waals surface area contributed by atoms with Crippen molar-refractivity contribution < 1.29 is 9.90 Å². The molecule has 0 heterocycles. The van der Waals surface area contributed by atoms with Gasteiger partial charge in [0.25, 0.3) is 0 Å². The molecule has 0 amide bonds. The molecule has 0 aromatic heterocycles. The van der Waals surface area contributed by atoms with Crippen molar-refractivity contribution in [1.29, 1.82) is 0 Å². The van der Waals surface area contributed by atoms with Crippen LogP contribution in [-0.4, -0.2) is 25.0 Å². The maximum atomic E-state index is 10.5. The molecule has 1 rings (SSSR count). The summed E-state index contributed by atoms with van der Waals surface area (Å²) in [6.45, 7) is 0. The zero-order valence-corrected chi connectivity index (χ0v) is 7.60. The molecule has 0 unspecified atom stereocenters. The van der Waals surface area contributed by atoms with Crippen molar-refractivity contribution in [3.8, 4) is 0 Å². The maximum absolute atomic E-state index is 10.5. The molecule has 0 spiro atoms. The minimum Gasteiger partial charge on any atom is -0.480 e. The lowest BCUT2D eigenvalue weighted by molar-refractivity contribution is -0.138. The summed E-state index contributed by atoms with van der Waals surface area (Å²) in [4.78, 5) is 10.5. The van der Waals surface area contributed by atoms with Crippen LogP contribution in [0.1, 0.15) is 5.56 Å². The number of hydrogen-bond donors (Lipinski definition) is 3. The van der Waals surface area contributed by atoms with Gasteiger partial charge in [0.05, 0.1) is 0 Å². The van der Waals surface area contributed by atoms with Crippen LogP contribution in [0.15, 0.2) is 18.2 Å². The van der Waals surface area contributed by atoms with Crippen LogP contribution in [0.4, 0.5) is 5.69 Å². The minimum absolute atomic E-state index is 0.250. The smallest absolute Gasteiger partial charge is 0.320 e. The van der Waals surface area contributed by atoms with Gasteiger partial charge in [-0.25, -0.2) is 0 Å². The highest BCUT2D eigenvalue weighted by Crippen LogP contribution is 2.04. The lowest BCUT2D eigenvalue weighted by Crippen LogP contribution is -2.32. The normalized spacial score (nSPS) is 12.4. The summed E-state index contributed by atoms with van der Waals surface area (Å²) in [6.07, 6.45) is 0.250. The Labute approximate surface area is 83.3 Å². The fourth-order valence-electron chi connectivity index (χ4n) is 1.09. The molecule has 0 aliphatic rings. The number of anilines is 1. The SMILES string of the molecule is [B]c1cc(C[C@@H](N)C(=O)O)ccc1N. The number of carboxylic acids is 1. The Balaban J connectivity index is 2.78. The number of nitrogen functional groups attached to an aromatic ring is 1. The van der Waals surface area contributed by atoms with Crippen molar-refractivity contribution in [3.63, 3.8) is 0 Å². The van der Waals surface area contributed by atoms with E-state index >= 15 is 0 Å². The van der Waals surface area contributed by atoms with Crippen LogP contribution in [0, 0.1) is 0 Å². The third-order valence-corrected chi connectivity index (χ3v) is 1.92. The molecule has 0 fully saturated rings. The highest BCUT2D eigenvalue weighted by molar-refractivity contribution is 6.35. The molecule has 4 nitrogen and oxygen atoms in total. The number of carbonyl (C=O) groups is 1. The van der Waals surface area contributed by atoms with Crippen molar-refractivity contribution in [3.05, 3.63) is 23.8 Å². The zero-order valence-electron chi connectivity index (χ0n) is 7.60. The second-order valence-corrected chi connectivity index (χ2v) is 3.11. The summed E-state index contributed by atoms with van der Waals surface area (Å²) in [5.74, 6) is -1.03. The van der Waals surface area contributed by atoms with E-state index < -0.39 is 12.0 Å². The van der Waals surface area contributed by atoms with Gasteiger partial charge in [-0.05, 0) is 18.1 Å². The number of nitrogens with two attached hydrogens (primary N) is 2. The van der Waals surface area contributed by atoms with Gasteiger partial charge < -0.3 is 16.6 Å².